The number of rotatable bonds is 4. The molecule has 0 saturated heterocycles. The zero-order valence-electron chi connectivity index (χ0n) is 10.9. The molecular formula is C14H16Br2N2S. The van der Waals surface area contributed by atoms with E-state index in [-0.39, 0.29) is 6.04 Å². The monoisotopic (exact) mass is 402 g/mol. The van der Waals surface area contributed by atoms with Gasteiger partial charge in [-0.25, -0.2) is 0 Å². The maximum atomic E-state index is 5.90. The van der Waals surface area contributed by atoms with Crippen LogP contribution in [0.15, 0.2) is 37.9 Å². The molecule has 0 radical (unpaired) electrons. The highest BCUT2D eigenvalue weighted by atomic mass is 79.9. The Kier molecular flexibility index (Phi) is 5.06. The summed E-state index contributed by atoms with van der Waals surface area (Å²) >= 11 is 8.84. The lowest BCUT2D eigenvalue weighted by molar-refractivity contribution is 0.816. The third-order valence-electron chi connectivity index (χ3n) is 2.95. The van der Waals surface area contributed by atoms with Crippen LogP contribution >= 0.6 is 43.2 Å². The van der Waals surface area contributed by atoms with Crippen LogP contribution in [0.2, 0.25) is 0 Å². The van der Waals surface area contributed by atoms with E-state index >= 15 is 0 Å². The predicted octanol–water partition coefficient (Wildman–Crippen LogP) is 4.93. The molecule has 2 aromatic rings. The molecule has 2 rings (SSSR count). The molecule has 1 aromatic heterocycles. The molecule has 19 heavy (non-hydrogen) atoms. The Morgan fingerprint density at radius 2 is 2.05 bits per heavy atom. The minimum atomic E-state index is 0.0588. The number of thiophene rings is 1. The second-order valence-electron chi connectivity index (χ2n) is 4.61. The summed E-state index contributed by atoms with van der Waals surface area (Å²) < 4.78 is 2.25. The number of benzene rings is 1. The molecule has 0 saturated carbocycles. The molecule has 2 nitrogen and oxygen atoms in total. The van der Waals surface area contributed by atoms with Crippen molar-refractivity contribution < 1.29 is 0 Å². The second-order valence-corrected chi connectivity index (χ2v) is 7.76. The Morgan fingerprint density at radius 3 is 2.58 bits per heavy atom. The van der Waals surface area contributed by atoms with Crippen LogP contribution in [0.5, 0.6) is 0 Å². The van der Waals surface area contributed by atoms with Crippen molar-refractivity contribution in [2.24, 2.45) is 5.73 Å². The number of halogens is 2. The van der Waals surface area contributed by atoms with Crippen molar-refractivity contribution in [2.45, 2.75) is 19.5 Å². The van der Waals surface area contributed by atoms with E-state index in [4.69, 9.17) is 5.73 Å². The Hall–Kier alpha value is -0.360. The van der Waals surface area contributed by atoms with Gasteiger partial charge in [0.2, 0.25) is 0 Å². The molecule has 5 heteroatoms. The van der Waals surface area contributed by atoms with E-state index in [9.17, 15) is 0 Å². The lowest BCUT2D eigenvalue weighted by atomic mass is 10.1. The van der Waals surface area contributed by atoms with Gasteiger partial charge in [-0.2, -0.15) is 0 Å². The standard InChI is InChI=1S/C14H16Br2N2S/c1-9(17)11-3-4-13(12(15)6-11)18(2)7-10-5-14(16)19-8-10/h3-6,8-9H,7,17H2,1-2H3/t9-/m1/s1. The van der Waals surface area contributed by atoms with Gasteiger partial charge in [0.05, 0.1) is 9.47 Å². The van der Waals surface area contributed by atoms with E-state index < -0.39 is 0 Å². The normalized spacial score (nSPS) is 12.5. The highest BCUT2D eigenvalue weighted by Crippen LogP contribution is 2.30. The first-order valence-corrected chi connectivity index (χ1v) is 8.43. The summed E-state index contributed by atoms with van der Waals surface area (Å²) in [5.41, 5.74) is 9.52. The van der Waals surface area contributed by atoms with Crippen LogP contribution in [0.3, 0.4) is 0 Å². The molecule has 0 amide bonds. The van der Waals surface area contributed by atoms with Gasteiger partial charge in [0, 0.05) is 24.1 Å². The van der Waals surface area contributed by atoms with Gasteiger partial charge < -0.3 is 10.6 Å². The molecular weight excluding hydrogens is 388 g/mol. The molecule has 0 fully saturated rings. The number of nitrogens with zero attached hydrogens (tertiary/aromatic N) is 1. The number of anilines is 1. The van der Waals surface area contributed by atoms with Crippen LogP contribution in [0, 0.1) is 0 Å². The second kappa shape index (κ2) is 6.39. The highest BCUT2D eigenvalue weighted by Gasteiger charge is 2.09. The molecule has 0 spiro atoms. The summed E-state index contributed by atoms with van der Waals surface area (Å²) in [5, 5.41) is 2.17. The molecule has 0 aliphatic carbocycles. The van der Waals surface area contributed by atoms with Crippen LogP contribution in [-0.2, 0) is 6.54 Å². The van der Waals surface area contributed by atoms with Crippen LogP contribution in [0.1, 0.15) is 24.1 Å². The first kappa shape index (κ1) is 15.0. The third kappa shape index (κ3) is 3.81. The largest absolute Gasteiger partial charge is 0.369 e. The fourth-order valence-corrected chi connectivity index (χ4v) is 3.80. The zero-order chi connectivity index (χ0) is 14.0. The van der Waals surface area contributed by atoms with E-state index in [1.54, 1.807) is 11.3 Å². The molecule has 0 aliphatic heterocycles. The van der Waals surface area contributed by atoms with Crippen LogP contribution < -0.4 is 10.6 Å². The van der Waals surface area contributed by atoms with Gasteiger partial charge in [-0.3, -0.25) is 0 Å². The van der Waals surface area contributed by atoms with Crippen molar-refractivity contribution in [3.05, 3.63) is 49.0 Å². The average molecular weight is 404 g/mol. The van der Waals surface area contributed by atoms with E-state index in [1.165, 1.54) is 15.0 Å². The van der Waals surface area contributed by atoms with Gasteiger partial charge in [0.15, 0.2) is 0 Å². The fraction of sp³-hybridized carbons (Fsp3) is 0.286. The molecule has 1 heterocycles. The maximum absolute atomic E-state index is 5.90. The van der Waals surface area contributed by atoms with Crippen LogP contribution in [0.25, 0.3) is 0 Å². The summed E-state index contributed by atoms with van der Waals surface area (Å²) in [6, 6.07) is 8.52. The quantitative estimate of drug-likeness (QED) is 0.783. The van der Waals surface area contributed by atoms with E-state index in [0.29, 0.717) is 0 Å². The minimum Gasteiger partial charge on any atom is -0.369 e. The molecule has 1 atom stereocenters. The van der Waals surface area contributed by atoms with Crippen LogP contribution in [0.4, 0.5) is 5.69 Å². The number of hydrogen-bond acceptors (Lipinski definition) is 3. The summed E-state index contributed by atoms with van der Waals surface area (Å²) in [4.78, 5) is 2.23. The summed E-state index contributed by atoms with van der Waals surface area (Å²) in [7, 11) is 2.09. The Balaban J connectivity index is 2.17. The van der Waals surface area contributed by atoms with Gasteiger partial charge in [-0.05, 0) is 73.5 Å². The predicted molar refractivity (Wildman–Crippen MR) is 90.9 cm³/mol. The van der Waals surface area contributed by atoms with E-state index in [1.807, 2.05) is 6.92 Å². The highest BCUT2D eigenvalue weighted by molar-refractivity contribution is 9.11. The van der Waals surface area contributed by atoms with Gasteiger partial charge in [0.1, 0.15) is 0 Å². The first-order valence-electron chi connectivity index (χ1n) is 5.96. The SMILES string of the molecule is C[C@@H](N)c1ccc(N(C)Cc2csc(Br)c2)c(Br)c1. The summed E-state index contributed by atoms with van der Waals surface area (Å²) in [6.07, 6.45) is 0. The van der Waals surface area contributed by atoms with Crippen molar-refractivity contribution in [1.29, 1.82) is 0 Å². The van der Waals surface area contributed by atoms with Crippen molar-refractivity contribution in [1.82, 2.24) is 0 Å². The van der Waals surface area contributed by atoms with Gasteiger partial charge in [-0.15, -0.1) is 11.3 Å². The molecule has 102 valence electrons. The van der Waals surface area contributed by atoms with Crippen molar-refractivity contribution in [2.75, 3.05) is 11.9 Å². The van der Waals surface area contributed by atoms with E-state index in [0.717, 1.165) is 16.6 Å². The smallest absolute Gasteiger partial charge is 0.0701 e. The summed E-state index contributed by atoms with van der Waals surface area (Å²) in [6.45, 7) is 2.88. The van der Waals surface area contributed by atoms with Gasteiger partial charge in [0.25, 0.3) is 0 Å². The maximum Gasteiger partial charge on any atom is 0.0701 e. The topological polar surface area (TPSA) is 29.3 Å². The average Bonchev–Trinajstić information content (AvgIpc) is 2.74. The lowest BCUT2D eigenvalue weighted by Crippen LogP contribution is -2.16. The Labute approximate surface area is 134 Å². The fourth-order valence-electron chi connectivity index (χ4n) is 1.90. The molecule has 0 aliphatic rings. The van der Waals surface area contributed by atoms with Gasteiger partial charge >= 0.3 is 0 Å². The molecule has 1 aromatic carbocycles. The van der Waals surface area contributed by atoms with Gasteiger partial charge in [-0.1, -0.05) is 6.07 Å². The number of hydrogen-bond donors (Lipinski definition) is 1. The Bertz CT molecular complexity index is 566. The first-order chi connectivity index (χ1) is 8.97. The third-order valence-corrected chi connectivity index (χ3v) is 5.14. The number of nitrogens with two attached hydrogens (primary N) is 1. The van der Waals surface area contributed by atoms with Crippen molar-refractivity contribution in [3.8, 4) is 0 Å². The van der Waals surface area contributed by atoms with Crippen LogP contribution in [-0.4, -0.2) is 7.05 Å². The lowest BCUT2D eigenvalue weighted by Gasteiger charge is -2.21. The zero-order valence-corrected chi connectivity index (χ0v) is 14.8. The van der Waals surface area contributed by atoms with E-state index in [2.05, 4.69) is 73.5 Å². The Morgan fingerprint density at radius 1 is 1.32 bits per heavy atom. The molecule has 2 N–H and O–H groups in total. The minimum absolute atomic E-state index is 0.0588. The van der Waals surface area contributed by atoms with Crippen molar-refractivity contribution >= 4 is 48.9 Å². The molecule has 0 bridgehead atoms. The molecule has 0 unspecified atom stereocenters. The summed E-state index contributed by atoms with van der Waals surface area (Å²) in [5.74, 6) is 0. The van der Waals surface area contributed by atoms with Crippen molar-refractivity contribution in [3.63, 3.8) is 0 Å².